The number of hydrogen-bond acceptors (Lipinski definition) is 5. The van der Waals surface area contributed by atoms with Gasteiger partial charge in [0.15, 0.2) is 5.75 Å². The van der Waals surface area contributed by atoms with E-state index in [9.17, 15) is 18.0 Å². The maximum Gasteiger partial charge on any atom is 0.416 e. The summed E-state index contributed by atoms with van der Waals surface area (Å²) in [6.45, 7) is 2.40. The molecule has 2 aromatic heterocycles. The first-order valence-electron chi connectivity index (χ1n) is 11.9. The van der Waals surface area contributed by atoms with Gasteiger partial charge < -0.3 is 9.64 Å². The van der Waals surface area contributed by atoms with Gasteiger partial charge in [-0.1, -0.05) is 35.9 Å². The Bertz CT molecular complexity index is 1450. The first-order valence-corrected chi connectivity index (χ1v) is 12.3. The van der Waals surface area contributed by atoms with Crippen LogP contribution in [0, 0.1) is 5.92 Å². The van der Waals surface area contributed by atoms with Crippen molar-refractivity contribution in [1.82, 2.24) is 24.3 Å². The van der Waals surface area contributed by atoms with Gasteiger partial charge in [0.2, 0.25) is 5.65 Å². The highest BCUT2D eigenvalue weighted by Crippen LogP contribution is 2.34. The van der Waals surface area contributed by atoms with Gasteiger partial charge in [0.1, 0.15) is 0 Å². The summed E-state index contributed by atoms with van der Waals surface area (Å²) in [7, 11) is 2.08. The third-order valence-electron chi connectivity index (χ3n) is 6.52. The molecule has 0 N–H and O–H groups in total. The number of aromatic nitrogens is 4. The molecular weight excluding hydrogens is 507 g/mol. The molecule has 0 amide bonds. The fraction of sp³-hybridized carbons (Fsp3) is 0.346. The van der Waals surface area contributed by atoms with Crippen LogP contribution < -0.4 is 10.4 Å². The predicted octanol–water partition coefficient (Wildman–Crippen LogP) is 5.00. The van der Waals surface area contributed by atoms with Crippen molar-refractivity contribution in [2.24, 2.45) is 5.92 Å². The molecule has 4 aromatic rings. The monoisotopic (exact) mass is 531 g/mol. The molecule has 1 atom stereocenters. The fourth-order valence-electron chi connectivity index (χ4n) is 4.60. The number of alkyl halides is 3. The number of fused-ring (bicyclic) bond motifs is 1. The van der Waals surface area contributed by atoms with Gasteiger partial charge in [-0.2, -0.15) is 22.8 Å². The lowest BCUT2D eigenvalue weighted by molar-refractivity contribution is -0.137. The van der Waals surface area contributed by atoms with Gasteiger partial charge in [-0.3, -0.25) is 0 Å². The molecular formula is C26H25ClF3N5O2. The second-order valence-corrected chi connectivity index (χ2v) is 9.78. The number of likely N-dealkylation sites (tertiary alicyclic amines) is 1. The number of halogens is 4. The third-order valence-corrected chi connectivity index (χ3v) is 6.77. The molecule has 194 valence electrons. The lowest BCUT2D eigenvalue weighted by Gasteiger charge is -2.29. The van der Waals surface area contributed by atoms with Crippen LogP contribution in [0.4, 0.5) is 13.2 Å². The number of hydrogen-bond donors (Lipinski definition) is 0. The zero-order chi connectivity index (χ0) is 26.2. The molecule has 7 nitrogen and oxygen atoms in total. The van der Waals surface area contributed by atoms with E-state index in [1.54, 1.807) is 18.3 Å². The summed E-state index contributed by atoms with van der Waals surface area (Å²) in [5, 5.41) is 9.37. The van der Waals surface area contributed by atoms with E-state index in [0.717, 1.165) is 48.1 Å². The molecule has 11 heteroatoms. The quantitative estimate of drug-likeness (QED) is 0.350. The van der Waals surface area contributed by atoms with Crippen molar-refractivity contribution in [3.63, 3.8) is 0 Å². The van der Waals surface area contributed by atoms with Gasteiger partial charge in [-0.25, -0.2) is 9.48 Å². The third kappa shape index (κ3) is 5.50. The Hall–Kier alpha value is -3.37. The van der Waals surface area contributed by atoms with E-state index < -0.39 is 17.4 Å². The summed E-state index contributed by atoms with van der Waals surface area (Å²) >= 11 is 6.07. The zero-order valence-electron chi connectivity index (χ0n) is 20.1. The van der Waals surface area contributed by atoms with Crippen molar-refractivity contribution in [3.8, 4) is 16.9 Å². The lowest BCUT2D eigenvalue weighted by Crippen LogP contribution is -2.34. The highest BCUT2D eigenvalue weighted by Gasteiger charge is 2.30. The molecule has 37 heavy (non-hydrogen) atoms. The van der Waals surface area contributed by atoms with E-state index in [-0.39, 0.29) is 12.2 Å². The Balaban J connectivity index is 1.51. The molecule has 1 fully saturated rings. The number of rotatable bonds is 6. The second-order valence-electron chi connectivity index (χ2n) is 9.35. The maximum absolute atomic E-state index is 13.1. The van der Waals surface area contributed by atoms with Crippen LogP contribution in [0.25, 0.3) is 16.8 Å². The van der Waals surface area contributed by atoms with Gasteiger partial charge in [0.05, 0.1) is 24.9 Å². The molecule has 0 spiro atoms. The highest BCUT2D eigenvalue weighted by atomic mass is 35.5. The Morgan fingerprint density at radius 1 is 1.11 bits per heavy atom. The van der Waals surface area contributed by atoms with Gasteiger partial charge in [-0.05, 0) is 61.8 Å². The van der Waals surface area contributed by atoms with Crippen LogP contribution in [-0.2, 0) is 12.7 Å². The predicted molar refractivity (Wildman–Crippen MR) is 134 cm³/mol. The summed E-state index contributed by atoms with van der Waals surface area (Å²) in [6.07, 6.45) is -0.747. The standard InChI is InChI=1S/C26H25ClF3N5O2/c1-33-12-2-3-18(14-33)16-37-23-22(19-6-10-21(27)11-7-19)13-31-35-24(23)32-34(25(35)36)15-17-4-8-20(9-5-17)26(28,29)30/h4-11,13,18H,2-3,12,14-16H2,1H3. The van der Waals surface area contributed by atoms with Crippen molar-refractivity contribution in [3.05, 3.63) is 81.4 Å². The zero-order valence-corrected chi connectivity index (χ0v) is 20.8. The molecule has 3 heterocycles. The van der Waals surface area contributed by atoms with Crippen LogP contribution in [0.15, 0.2) is 59.5 Å². The maximum atomic E-state index is 13.1. The van der Waals surface area contributed by atoms with E-state index in [0.29, 0.717) is 34.4 Å². The van der Waals surface area contributed by atoms with Crippen molar-refractivity contribution >= 4 is 17.2 Å². The van der Waals surface area contributed by atoms with Gasteiger partial charge in [0, 0.05) is 23.0 Å². The SMILES string of the molecule is CN1CCCC(COc2c(-c3ccc(Cl)cc3)cnn3c(=O)n(Cc4ccc(C(F)(F)F)cc4)nc23)C1. The molecule has 2 aromatic carbocycles. The van der Waals surface area contributed by atoms with Crippen molar-refractivity contribution in [1.29, 1.82) is 0 Å². The summed E-state index contributed by atoms with van der Waals surface area (Å²) < 4.78 is 47.4. The van der Waals surface area contributed by atoms with Crippen molar-refractivity contribution in [2.75, 3.05) is 26.7 Å². The first-order chi connectivity index (χ1) is 17.7. The molecule has 1 aliphatic heterocycles. The van der Waals surface area contributed by atoms with E-state index in [4.69, 9.17) is 16.3 Å². The Morgan fingerprint density at radius 2 is 1.84 bits per heavy atom. The van der Waals surface area contributed by atoms with Crippen LogP contribution >= 0.6 is 11.6 Å². The van der Waals surface area contributed by atoms with Crippen LogP contribution in [0.5, 0.6) is 5.75 Å². The average molecular weight is 532 g/mol. The first kappa shape index (κ1) is 25.3. The smallest absolute Gasteiger partial charge is 0.416 e. The minimum absolute atomic E-state index is 0.0104. The Morgan fingerprint density at radius 3 is 2.51 bits per heavy atom. The Kier molecular flexibility index (Phi) is 6.96. The largest absolute Gasteiger partial charge is 0.488 e. The minimum atomic E-state index is -4.43. The molecule has 1 unspecified atom stereocenters. The van der Waals surface area contributed by atoms with Crippen LogP contribution in [0.2, 0.25) is 5.02 Å². The van der Waals surface area contributed by atoms with E-state index in [1.165, 1.54) is 16.8 Å². The second kappa shape index (κ2) is 10.2. The topological polar surface area (TPSA) is 64.7 Å². The lowest BCUT2D eigenvalue weighted by atomic mass is 9.99. The molecule has 0 radical (unpaired) electrons. The molecule has 0 aliphatic carbocycles. The molecule has 1 saturated heterocycles. The molecule has 0 bridgehead atoms. The molecule has 1 aliphatic rings. The molecule has 5 rings (SSSR count). The van der Waals surface area contributed by atoms with Gasteiger partial charge in [0.25, 0.3) is 0 Å². The minimum Gasteiger partial charge on any atom is -0.488 e. The van der Waals surface area contributed by atoms with Gasteiger partial charge in [-0.15, -0.1) is 5.10 Å². The number of piperidine rings is 1. The van der Waals surface area contributed by atoms with Crippen molar-refractivity contribution in [2.45, 2.75) is 25.6 Å². The summed E-state index contributed by atoms with van der Waals surface area (Å²) in [6, 6.07) is 11.9. The average Bonchev–Trinajstić information content (AvgIpc) is 3.18. The Labute approximate surface area is 216 Å². The van der Waals surface area contributed by atoms with Crippen molar-refractivity contribution < 1.29 is 17.9 Å². The summed E-state index contributed by atoms with van der Waals surface area (Å²) in [4.78, 5) is 15.4. The highest BCUT2D eigenvalue weighted by molar-refractivity contribution is 6.30. The van der Waals surface area contributed by atoms with E-state index >= 15 is 0 Å². The number of nitrogens with zero attached hydrogens (tertiary/aromatic N) is 5. The van der Waals surface area contributed by atoms with Crippen LogP contribution in [-0.4, -0.2) is 51.0 Å². The normalized spacial score (nSPS) is 16.8. The summed E-state index contributed by atoms with van der Waals surface area (Å²) in [5.41, 5.74) is 0.953. The van der Waals surface area contributed by atoms with Gasteiger partial charge >= 0.3 is 11.9 Å². The number of benzene rings is 2. The van der Waals surface area contributed by atoms with E-state index in [2.05, 4.69) is 22.1 Å². The van der Waals surface area contributed by atoms with E-state index in [1.807, 2.05) is 12.1 Å². The summed E-state index contributed by atoms with van der Waals surface area (Å²) in [5.74, 6) is 0.750. The van der Waals surface area contributed by atoms with Crippen LogP contribution in [0.3, 0.4) is 0 Å². The number of ether oxygens (including phenoxy) is 1. The molecule has 0 saturated carbocycles. The van der Waals surface area contributed by atoms with Crippen LogP contribution in [0.1, 0.15) is 24.0 Å². The fourth-order valence-corrected chi connectivity index (χ4v) is 4.73.